The SMILES string of the molecule is COCC1CNCCC[N]1. The minimum atomic E-state index is 0.382. The van der Waals surface area contributed by atoms with Crippen molar-refractivity contribution in [3.05, 3.63) is 0 Å². The molecule has 1 rings (SSSR count). The van der Waals surface area contributed by atoms with Gasteiger partial charge in [0, 0.05) is 20.2 Å². The minimum absolute atomic E-state index is 0.382. The molecule has 1 saturated heterocycles. The van der Waals surface area contributed by atoms with Crippen LogP contribution in [0.4, 0.5) is 0 Å². The van der Waals surface area contributed by atoms with Gasteiger partial charge in [0.2, 0.25) is 0 Å². The van der Waals surface area contributed by atoms with E-state index in [-0.39, 0.29) is 0 Å². The van der Waals surface area contributed by atoms with Crippen LogP contribution in [-0.2, 0) is 4.74 Å². The Morgan fingerprint density at radius 1 is 1.70 bits per heavy atom. The van der Waals surface area contributed by atoms with Gasteiger partial charge in [0.05, 0.1) is 12.6 Å². The van der Waals surface area contributed by atoms with Crippen LogP contribution < -0.4 is 10.6 Å². The first kappa shape index (κ1) is 7.98. The van der Waals surface area contributed by atoms with Gasteiger partial charge in [-0.05, 0) is 13.0 Å². The Hall–Kier alpha value is -0.120. The van der Waals surface area contributed by atoms with E-state index in [4.69, 9.17) is 4.74 Å². The molecule has 3 nitrogen and oxygen atoms in total. The summed E-state index contributed by atoms with van der Waals surface area (Å²) in [5, 5.41) is 7.73. The summed E-state index contributed by atoms with van der Waals surface area (Å²) in [5.41, 5.74) is 0. The van der Waals surface area contributed by atoms with Gasteiger partial charge in [0.1, 0.15) is 0 Å². The highest BCUT2D eigenvalue weighted by atomic mass is 16.5. The Kier molecular flexibility index (Phi) is 3.72. The van der Waals surface area contributed by atoms with Gasteiger partial charge in [-0.3, -0.25) is 0 Å². The van der Waals surface area contributed by atoms with E-state index in [1.54, 1.807) is 7.11 Å². The predicted octanol–water partition coefficient (Wildman–Crippen LogP) is -0.401. The van der Waals surface area contributed by atoms with E-state index >= 15 is 0 Å². The van der Waals surface area contributed by atoms with Crippen molar-refractivity contribution in [2.45, 2.75) is 12.5 Å². The Balaban J connectivity index is 2.15. The highest BCUT2D eigenvalue weighted by Crippen LogP contribution is 1.91. The van der Waals surface area contributed by atoms with Crippen molar-refractivity contribution >= 4 is 0 Å². The quantitative estimate of drug-likeness (QED) is 0.571. The number of rotatable bonds is 2. The second-order valence-corrected chi connectivity index (χ2v) is 2.57. The molecule has 0 spiro atoms. The Morgan fingerprint density at radius 3 is 3.40 bits per heavy atom. The van der Waals surface area contributed by atoms with Gasteiger partial charge in [-0.1, -0.05) is 0 Å². The lowest BCUT2D eigenvalue weighted by atomic mass is 10.3. The lowest BCUT2D eigenvalue weighted by Crippen LogP contribution is -2.34. The van der Waals surface area contributed by atoms with Crippen LogP contribution in [0.5, 0.6) is 0 Å². The number of nitrogens with one attached hydrogen (secondary N) is 1. The lowest BCUT2D eigenvalue weighted by Gasteiger charge is -2.11. The maximum atomic E-state index is 5.00. The Labute approximate surface area is 62.1 Å². The van der Waals surface area contributed by atoms with Gasteiger partial charge in [-0.2, -0.15) is 0 Å². The van der Waals surface area contributed by atoms with E-state index in [1.807, 2.05) is 0 Å². The van der Waals surface area contributed by atoms with Crippen LogP contribution >= 0.6 is 0 Å². The molecule has 0 aliphatic carbocycles. The van der Waals surface area contributed by atoms with E-state index in [1.165, 1.54) is 6.42 Å². The van der Waals surface area contributed by atoms with E-state index < -0.39 is 0 Å². The zero-order valence-electron chi connectivity index (χ0n) is 6.47. The molecule has 0 aromatic heterocycles. The smallest absolute Gasteiger partial charge is 0.0644 e. The first-order valence-electron chi connectivity index (χ1n) is 3.79. The van der Waals surface area contributed by atoms with Crippen LogP contribution in [0.2, 0.25) is 0 Å². The van der Waals surface area contributed by atoms with Crippen LogP contribution in [0.3, 0.4) is 0 Å². The third-order valence-electron chi connectivity index (χ3n) is 1.64. The largest absolute Gasteiger partial charge is 0.383 e. The average Bonchev–Trinajstić information content (AvgIpc) is 2.17. The first-order chi connectivity index (χ1) is 4.93. The molecule has 1 unspecified atom stereocenters. The molecule has 59 valence electrons. The van der Waals surface area contributed by atoms with Crippen molar-refractivity contribution < 1.29 is 4.74 Å². The summed E-state index contributed by atoms with van der Waals surface area (Å²) in [6.07, 6.45) is 1.17. The third-order valence-corrected chi connectivity index (χ3v) is 1.64. The molecule has 0 aromatic rings. The van der Waals surface area contributed by atoms with Crippen LogP contribution in [-0.4, -0.2) is 39.4 Å². The van der Waals surface area contributed by atoms with Crippen LogP contribution in [0, 0.1) is 0 Å². The molecule has 0 saturated carbocycles. The predicted molar refractivity (Wildman–Crippen MR) is 40.2 cm³/mol. The molecule has 0 amide bonds. The normalized spacial score (nSPS) is 27.9. The Morgan fingerprint density at radius 2 is 2.60 bits per heavy atom. The molecular formula is C7H15N2O. The van der Waals surface area contributed by atoms with Gasteiger partial charge in [0.15, 0.2) is 0 Å². The van der Waals surface area contributed by atoms with E-state index in [0.29, 0.717) is 6.04 Å². The minimum Gasteiger partial charge on any atom is -0.383 e. The molecule has 1 N–H and O–H groups in total. The first-order valence-corrected chi connectivity index (χ1v) is 3.79. The average molecular weight is 143 g/mol. The van der Waals surface area contributed by atoms with E-state index in [0.717, 1.165) is 26.2 Å². The summed E-state index contributed by atoms with van der Waals surface area (Å²) < 4.78 is 5.00. The summed E-state index contributed by atoms with van der Waals surface area (Å²) in [6, 6.07) is 0.382. The number of methoxy groups -OCH3 is 1. The lowest BCUT2D eigenvalue weighted by molar-refractivity contribution is 0.167. The molecule has 10 heavy (non-hydrogen) atoms. The summed E-state index contributed by atoms with van der Waals surface area (Å²) in [7, 11) is 1.72. The number of nitrogens with zero attached hydrogens (tertiary/aromatic N) is 1. The molecular weight excluding hydrogens is 128 g/mol. The van der Waals surface area contributed by atoms with Crippen molar-refractivity contribution in [1.29, 1.82) is 0 Å². The standard InChI is InChI=1S/C7H15N2O/c1-10-6-7-5-8-3-2-4-9-7/h7-8H,2-6H2,1H3. The second kappa shape index (κ2) is 4.66. The van der Waals surface area contributed by atoms with Crippen molar-refractivity contribution in [1.82, 2.24) is 10.6 Å². The highest BCUT2D eigenvalue weighted by molar-refractivity contribution is 4.71. The molecule has 1 radical (unpaired) electrons. The molecule has 1 aliphatic rings. The highest BCUT2D eigenvalue weighted by Gasteiger charge is 2.10. The Bertz CT molecular complexity index is 79.7. The van der Waals surface area contributed by atoms with Crippen molar-refractivity contribution in [2.24, 2.45) is 0 Å². The maximum Gasteiger partial charge on any atom is 0.0644 e. The number of ether oxygens (including phenoxy) is 1. The summed E-state index contributed by atoms with van der Waals surface area (Å²) in [4.78, 5) is 0. The molecule has 1 fully saturated rings. The summed E-state index contributed by atoms with van der Waals surface area (Å²) in [6.45, 7) is 3.82. The maximum absolute atomic E-state index is 5.00. The fourth-order valence-corrected chi connectivity index (χ4v) is 1.12. The molecule has 0 aromatic carbocycles. The number of hydrogen-bond acceptors (Lipinski definition) is 2. The van der Waals surface area contributed by atoms with Crippen LogP contribution in [0.1, 0.15) is 6.42 Å². The third kappa shape index (κ3) is 2.64. The molecule has 1 atom stereocenters. The van der Waals surface area contributed by atoms with Gasteiger partial charge >= 0.3 is 0 Å². The zero-order chi connectivity index (χ0) is 7.23. The monoisotopic (exact) mass is 143 g/mol. The van der Waals surface area contributed by atoms with Gasteiger partial charge in [-0.25, -0.2) is 5.32 Å². The van der Waals surface area contributed by atoms with E-state index in [9.17, 15) is 0 Å². The van der Waals surface area contributed by atoms with Crippen LogP contribution in [0.25, 0.3) is 0 Å². The molecule has 1 aliphatic heterocycles. The topological polar surface area (TPSA) is 35.4 Å². The number of hydrogen-bond donors (Lipinski definition) is 1. The van der Waals surface area contributed by atoms with E-state index in [2.05, 4.69) is 10.6 Å². The fourth-order valence-electron chi connectivity index (χ4n) is 1.12. The molecule has 3 heteroatoms. The summed E-state index contributed by atoms with van der Waals surface area (Å²) in [5.74, 6) is 0. The van der Waals surface area contributed by atoms with Crippen molar-refractivity contribution in [2.75, 3.05) is 33.4 Å². The second-order valence-electron chi connectivity index (χ2n) is 2.57. The zero-order valence-corrected chi connectivity index (χ0v) is 6.47. The van der Waals surface area contributed by atoms with Crippen molar-refractivity contribution in [3.8, 4) is 0 Å². The van der Waals surface area contributed by atoms with Crippen LogP contribution in [0.15, 0.2) is 0 Å². The van der Waals surface area contributed by atoms with Gasteiger partial charge in [-0.15, -0.1) is 0 Å². The van der Waals surface area contributed by atoms with Gasteiger partial charge in [0.25, 0.3) is 0 Å². The fraction of sp³-hybridized carbons (Fsp3) is 1.00. The summed E-state index contributed by atoms with van der Waals surface area (Å²) >= 11 is 0. The van der Waals surface area contributed by atoms with Gasteiger partial charge < -0.3 is 10.1 Å². The molecule has 1 heterocycles. The molecule has 0 bridgehead atoms. The van der Waals surface area contributed by atoms with Crippen molar-refractivity contribution in [3.63, 3.8) is 0 Å².